The summed E-state index contributed by atoms with van der Waals surface area (Å²) in [6.45, 7) is 12.9. The summed E-state index contributed by atoms with van der Waals surface area (Å²) >= 11 is 6.29. The summed E-state index contributed by atoms with van der Waals surface area (Å²) in [5.41, 5.74) is 8.27. The molecule has 0 amide bonds. The van der Waals surface area contributed by atoms with Crippen molar-refractivity contribution in [1.82, 2.24) is 19.8 Å². The van der Waals surface area contributed by atoms with Gasteiger partial charge in [-0.25, -0.2) is 19.4 Å². The summed E-state index contributed by atoms with van der Waals surface area (Å²) in [5, 5.41) is 0.388. The number of hydrogen-bond donors (Lipinski definition) is 1. The Kier molecular flexibility index (Phi) is 7.87. The summed E-state index contributed by atoms with van der Waals surface area (Å²) in [5.74, 6) is 1.78. The van der Waals surface area contributed by atoms with E-state index < -0.39 is 0 Å². The fraction of sp³-hybridized carbons (Fsp3) is 0.400. The first-order valence-corrected chi connectivity index (χ1v) is 12.0. The van der Waals surface area contributed by atoms with E-state index in [4.69, 9.17) is 27.1 Å². The Bertz CT molecular complexity index is 1130. The quantitative estimate of drug-likeness (QED) is 0.499. The molecule has 2 saturated heterocycles. The number of benzene rings is 1. The molecule has 10 heteroatoms. The Morgan fingerprint density at radius 2 is 1.97 bits per heavy atom. The van der Waals surface area contributed by atoms with Crippen molar-refractivity contribution in [3.8, 4) is 0 Å². The van der Waals surface area contributed by atoms with Gasteiger partial charge in [0, 0.05) is 62.9 Å². The first kappa shape index (κ1) is 24.9. The number of nitrogens with two attached hydrogens (primary N) is 1. The Hall–Kier alpha value is -3.17. The lowest BCUT2D eigenvalue weighted by atomic mass is 10.1. The molecule has 0 saturated carbocycles. The average molecular weight is 500 g/mol. The molecule has 2 N–H and O–H groups in total. The van der Waals surface area contributed by atoms with Crippen LogP contribution < -0.4 is 10.6 Å². The van der Waals surface area contributed by atoms with Gasteiger partial charge in [-0.3, -0.25) is 0 Å². The Morgan fingerprint density at radius 1 is 1.23 bits per heavy atom. The molecule has 0 bridgehead atoms. The minimum atomic E-state index is -0.261. The maximum atomic E-state index is 13.8. The molecular formula is C25H31ClFN7O. The van der Waals surface area contributed by atoms with Crippen molar-refractivity contribution in [3.63, 3.8) is 0 Å². The van der Waals surface area contributed by atoms with E-state index in [2.05, 4.69) is 38.2 Å². The van der Waals surface area contributed by atoms with Gasteiger partial charge in [0.1, 0.15) is 17.5 Å². The third-order valence-corrected chi connectivity index (χ3v) is 6.52. The summed E-state index contributed by atoms with van der Waals surface area (Å²) < 4.78 is 19.3. The van der Waals surface area contributed by atoms with Crippen LogP contribution >= 0.6 is 11.6 Å². The van der Waals surface area contributed by atoms with E-state index in [1.807, 2.05) is 6.08 Å². The van der Waals surface area contributed by atoms with Crippen LogP contribution in [0.4, 0.5) is 10.2 Å². The SMILES string of the molecule is C=C(/N=C(\C=C(/N)c1ccc(F)c(C)c1)N1CCN(c2nccnc2Cl)C[C@H]1C)N1CCOCC1. The van der Waals surface area contributed by atoms with Gasteiger partial charge in [0.15, 0.2) is 11.0 Å². The summed E-state index contributed by atoms with van der Waals surface area (Å²) in [6, 6.07) is 4.94. The van der Waals surface area contributed by atoms with Gasteiger partial charge >= 0.3 is 0 Å². The normalized spacial score (nSPS) is 19.8. The van der Waals surface area contributed by atoms with Crippen LogP contribution in [-0.2, 0) is 4.74 Å². The van der Waals surface area contributed by atoms with Crippen LogP contribution in [0.15, 0.2) is 54.1 Å². The van der Waals surface area contributed by atoms with Crippen molar-refractivity contribution in [1.29, 1.82) is 0 Å². The van der Waals surface area contributed by atoms with Gasteiger partial charge in [0.2, 0.25) is 0 Å². The number of aliphatic imine (C=N–C) groups is 1. The molecule has 186 valence electrons. The van der Waals surface area contributed by atoms with Crippen molar-refractivity contribution in [3.05, 3.63) is 71.2 Å². The maximum absolute atomic E-state index is 13.8. The van der Waals surface area contributed by atoms with E-state index in [9.17, 15) is 4.39 Å². The number of rotatable bonds is 5. The zero-order chi connectivity index (χ0) is 24.9. The fourth-order valence-corrected chi connectivity index (χ4v) is 4.49. The number of aryl methyl sites for hydroxylation is 1. The van der Waals surface area contributed by atoms with Crippen molar-refractivity contribution in [2.24, 2.45) is 10.7 Å². The summed E-state index contributed by atoms with van der Waals surface area (Å²) in [4.78, 5) is 19.9. The van der Waals surface area contributed by atoms with E-state index in [0.717, 1.165) is 18.7 Å². The summed E-state index contributed by atoms with van der Waals surface area (Å²) in [6.07, 6.45) is 5.07. The highest BCUT2D eigenvalue weighted by Gasteiger charge is 2.28. The molecule has 2 aliphatic heterocycles. The van der Waals surface area contributed by atoms with Crippen LogP contribution in [0.3, 0.4) is 0 Å². The van der Waals surface area contributed by atoms with Gasteiger partial charge in [0.25, 0.3) is 0 Å². The molecule has 0 aliphatic carbocycles. The maximum Gasteiger partial charge on any atom is 0.171 e. The van der Waals surface area contributed by atoms with Crippen LogP contribution in [0.5, 0.6) is 0 Å². The van der Waals surface area contributed by atoms with Gasteiger partial charge in [-0.15, -0.1) is 0 Å². The van der Waals surface area contributed by atoms with E-state index in [1.54, 1.807) is 31.5 Å². The van der Waals surface area contributed by atoms with Gasteiger partial charge in [-0.05, 0) is 43.2 Å². The molecule has 2 aliphatic rings. The van der Waals surface area contributed by atoms with Gasteiger partial charge in [-0.1, -0.05) is 18.2 Å². The third-order valence-electron chi connectivity index (χ3n) is 6.25. The Labute approximate surface area is 210 Å². The lowest BCUT2D eigenvalue weighted by molar-refractivity contribution is 0.0533. The number of amidine groups is 1. The molecular weight excluding hydrogens is 469 g/mol. The second-order valence-electron chi connectivity index (χ2n) is 8.71. The third kappa shape index (κ3) is 5.91. The first-order chi connectivity index (χ1) is 16.8. The molecule has 8 nitrogen and oxygen atoms in total. The van der Waals surface area contributed by atoms with Crippen LogP contribution in [0.1, 0.15) is 18.1 Å². The molecule has 2 fully saturated rings. The highest BCUT2D eigenvalue weighted by Crippen LogP contribution is 2.24. The van der Waals surface area contributed by atoms with Crippen molar-refractivity contribution < 1.29 is 9.13 Å². The predicted molar refractivity (Wildman–Crippen MR) is 138 cm³/mol. The van der Waals surface area contributed by atoms with Crippen LogP contribution in [0.2, 0.25) is 5.15 Å². The predicted octanol–water partition coefficient (Wildman–Crippen LogP) is 3.29. The van der Waals surface area contributed by atoms with Crippen molar-refractivity contribution in [2.75, 3.05) is 50.8 Å². The van der Waals surface area contributed by atoms with Gasteiger partial charge in [-0.2, -0.15) is 0 Å². The summed E-state index contributed by atoms with van der Waals surface area (Å²) in [7, 11) is 0. The average Bonchev–Trinajstić information content (AvgIpc) is 2.86. The molecule has 0 radical (unpaired) electrons. The van der Waals surface area contributed by atoms with Gasteiger partial charge < -0.3 is 25.2 Å². The van der Waals surface area contributed by atoms with E-state index in [0.29, 0.717) is 66.7 Å². The zero-order valence-corrected chi connectivity index (χ0v) is 20.9. The lowest BCUT2D eigenvalue weighted by Gasteiger charge is -2.42. The first-order valence-electron chi connectivity index (χ1n) is 11.7. The zero-order valence-electron chi connectivity index (χ0n) is 20.1. The number of anilines is 1. The van der Waals surface area contributed by atoms with Crippen molar-refractivity contribution >= 4 is 29.0 Å². The molecule has 35 heavy (non-hydrogen) atoms. The Morgan fingerprint density at radius 3 is 2.66 bits per heavy atom. The molecule has 1 atom stereocenters. The van der Waals surface area contributed by atoms with Crippen LogP contribution in [-0.4, -0.2) is 77.6 Å². The van der Waals surface area contributed by atoms with E-state index >= 15 is 0 Å². The fourth-order valence-electron chi connectivity index (χ4n) is 4.27. The largest absolute Gasteiger partial charge is 0.398 e. The number of piperazine rings is 1. The molecule has 0 unspecified atom stereocenters. The van der Waals surface area contributed by atoms with Crippen LogP contribution in [0, 0.1) is 12.7 Å². The standard InChI is InChI=1S/C25H31ClFN7O/c1-17-14-20(4-5-21(17)27)22(28)15-23(31-19(3)32-10-12-35-13-11-32)34-9-8-33(16-18(34)2)25-24(26)29-6-7-30-25/h4-7,14-15,18H,3,8-13,16,28H2,1-2H3/b22-15-,31-23+/t18-/m1/s1. The number of morpholine rings is 1. The number of halogens is 2. The Balaban J connectivity index is 1.62. The molecule has 1 aromatic heterocycles. The molecule has 3 heterocycles. The van der Waals surface area contributed by atoms with E-state index in [1.165, 1.54) is 6.07 Å². The minimum absolute atomic E-state index is 0.0806. The smallest absolute Gasteiger partial charge is 0.171 e. The van der Waals surface area contributed by atoms with E-state index in [-0.39, 0.29) is 11.9 Å². The number of nitrogens with zero attached hydrogens (tertiary/aromatic N) is 6. The van der Waals surface area contributed by atoms with Crippen LogP contribution in [0.25, 0.3) is 5.70 Å². The monoisotopic (exact) mass is 499 g/mol. The number of ether oxygens (including phenoxy) is 1. The van der Waals surface area contributed by atoms with Crippen molar-refractivity contribution in [2.45, 2.75) is 19.9 Å². The second-order valence-corrected chi connectivity index (χ2v) is 9.07. The topological polar surface area (TPSA) is 83.1 Å². The molecule has 0 spiro atoms. The highest BCUT2D eigenvalue weighted by molar-refractivity contribution is 6.31. The molecule has 2 aromatic rings. The second kappa shape index (κ2) is 11.0. The minimum Gasteiger partial charge on any atom is -0.398 e. The number of aromatic nitrogens is 2. The number of hydrogen-bond acceptors (Lipinski definition) is 7. The molecule has 4 rings (SSSR count). The highest BCUT2D eigenvalue weighted by atomic mass is 35.5. The van der Waals surface area contributed by atoms with Gasteiger partial charge in [0.05, 0.1) is 13.2 Å². The molecule has 1 aromatic carbocycles. The lowest BCUT2D eigenvalue weighted by Crippen LogP contribution is -2.54.